The Morgan fingerprint density at radius 3 is 2.37 bits per heavy atom. The molecule has 1 amide bonds. The van der Waals surface area contributed by atoms with Gasteiger partial charge in [-0.2, -0.15) is 0 Å². The minimum atomic E-state index is -0.535. The van der Waals surface area contributed by atoms with E-state index < -0.39 is 11.9 Å². The third-order valence-electron chi connectivity index (χ3n) is 8.20. The first-order valence-electron chi connectivity index (χ1n) is 13.1. The van der Waals surface area contributed by atoms with Gasteiger partial charge in [0.15, 0.2) is 0 Å². The van der Waals surface area contributed by atoms with Gasteiger partial charge in [0.05, 0.1) is 18.3 Å². The molecule has 2 saturated heterocycles. The number of carbonyl (C=O) groups is 1. The van der Waals surface area contributed by atoms with E-state index in [0.717, 1.165) is 23.5 Å². The lowest BCUT2D eigenvalue weighted by atomic mass is 9.70. The zero-order valence-electron chi connectivity index (χ0n) is 20.7. The average molecular weight is 481 g/mol. The number of hydrogen-bond acceptors (Lipinski definition) is 4. The van der Waals surface area contributed by atoms with Crippen LogP contribution < -0.4 is 4.74 Å². The lowest BCUT2D eigenvalue weighted by Gasteiger charge is -2.44. The Morgan fingerprint density at radius 2 is 1.77 bits per heavy atom. The van der Waals surface area contributed by atoms with Gasteiger partial charge in [0.1, 0.15) is 11.6 Å². The van der Waals surface area contributed by atoms with Crippen LogP contribution >= 0.6 is 0 Å². The summed E-state index contributed by atoms with van der Waals surface area (Å²) in [6.45, 7) is 7.48. The summed E-state index contributed by atoms with van der Waals surface area (Å²) in [5.41, 5.74) is 2.21. The average Bonchev–Trinajstić information content (AvgIpc) is 3.29. The fourth-order valence-electron chi connectivity index (χ4n) is 5.71. The summed E-state index contributed by atoms with van der Waals surface area (Å²) in [6, 6.07) is 12.5. The maximum atomic E-state index is 14.7. The molecular formula is C29H37FN2O3. The number of amides is 1. The van der Waals surface area contributed by atoms with E-state index in [9.17, 15) is 14.3 Å². The summed E-state index contributed by atoms with van der Waals surface area (Å²) in [4.78, 5) is 16.7. The van der Waals surface area contributed by atoms with Gasteiger partial charge in [-0.15, -0.1) is 0 Å². The number of halogens is 1. The van der Waals surface area contributed by atoms with Crippen LogP contribution in [0.5, 0.6) is 5.75 Å². The largest absolute Gasteiger partial charge is 0.493 e. The van der Waals surface area contributed by atoms with E-state index in [2.05, 4.69) is 11.8 Å². The number of carbonyl (C=O) groups excluding carboxylic acids is 1. The third-order valence-corrected chi connectivity index (χ3v) is 8.20. The summed E-state index contributed by atoms with van der Waals surface area (Å²) < 4.78 is 20.8. The van der Waals surface area contributed by atoms with E-state index >= 15 is 0 Å². The number of hydrogen-bond donors (Lipinski definition) is 1. The third kappa shape index (κ3) is 5.70. The highest BCUT2D eigenvalue weighted by Gasteiger charge is 2.34. The molecule has 2 heterocycles. The van der Waals surface area contributed by atoms with E-state index in [1.54, 1.807) is 12.1 Å². The lowest BCUT2D eigenvalue weighted by Crippen LogP contribution is -2.44. The first-order chi connectivity index (χ1) is 16.9. The summed E-state index contributed by atoms with van der Waals surface area (Å²) in [6.07, 6.45) is 6.55. The Bertz CT molecular complexity index is 1030. The van der Waals surface area contributed by atoms with Crippen LogP contribution in [0.4, 0.5) is 4.39 Å². The SMILES string of the molecule is CC1(CN2CCC(COc3ccc(-c4ccc(C(=O)N5CC[C@H](O)C5)c(F)c4)cc3)CC2)CCC1. The monoisotopic (exact) mass is 480 g/mol. The molecule has 2 aromatic carbocycles. The molecule has 0 spiro atoms. The van der Waals surface area contributed by atoms with E-state index in [-0.39, 0.29) is 18.0 Å². The number of aliphatic hydroxyl groups is 1. The quantitative estimate of drug-likeness (QED) is 0.607. The van der Waals surface area contributed by atoms with E-state index in [0.29, 0.717) is 24.3 Å². The number of β-amino-alcohol motifs (C(OH)–C–C–N with tert-alkyl or cyclic N) is 1. The Morgan fingerprint density at radius 1 is 1.06 bits per heavy atom. The molecule has 3 aliphatic rings. The van der Waals surface area contributed by atoms with Crippen molar-refractivity contribution in [2.75, 3.05) is 39.3 Å². The van der Waals surface area contributed by atoms with Gasteiger partial charge in [0.2, 0.25) is 0 Å². The highest BCUT2D eigenvalue weighted by Crippen LogP contribution is 2.41. The van der Waals surface area contributed by atoms with Crippen LogP contribution in [0.15, 0.2) is 42.5 Å². The summed E-state index contributed by atoms with van der Waals surface area (Å²) in [5, 5.41) is 9.65. The Balaban J connectivity index is 1.12. The molecule has 6 heteroatoms. The van der Waals surface area contributed by atoms with E-state index in [1.165, 1.54) is 62.7 Å². The number of aliphatic hydroxyl groups excluding tert-OH is 1. The van der Waals surface area contributed by atoms with Crippen LogP contribution in [0.3, 0.4) is 0 Å². The standard InChI is InChI=1S/C29H37FN2O3/c1-29(12-2-13-29)20-31-14-9-21(10-15-31)19-35-25-6-3-22(4-7-25)23-5-8-26(27(30)17-23)28(34)32-16-11-24(33)18-32/h3-8,17,21,24,33H,2,9-16,18-20H2,1H3/t24-/m0/s1. The number of rotatable bonds is 7. The predicted octanol–water partition coefficient (Wildman–Crippen LogP) is 4.98. The molecule has 188 valence electrons. The van der Waals surface area contributed by atoms with E-state index in [1.807, 2.05) is 24.3 Å². The molecule has 0 unspecified atom stereocenters. The van der Waals surface area contributed by atoms with Gasteiger partial charge in [0.25, 0.3) is 5.91 Å². The molecule has 3 fully saturated rings. The van der Waals surface area contributed by atoms with Gasteiger partial charge in [-0.1, -0.05) is 31.5 Å². The molecule has 5 nitrogen and oxygen atoms in total. The van der Waals surface area contributed by atoms with Crippen molar-refractivity contribution in [3.8, 4) is 16.9 Å². The second-order valence-electron chi connectivity index (χ2n) is 11.1. The summed E-state index contributed by atoms with van der Waals surface area (Å²) in [5.74, 6) is 0.526. The van der Waals surface area contributed by atoms with Crippen molar-refractivity contribution in [2.24, 2.45) is 11.3 Å². The molecule has 1 aliphatic carbocycles. The van der Waals surface area contributed by atoms with Crippen molar-refractivity contribution in [2.45, 2.75) is 51.6 Å². The minimum absolute atomic E-state index is 0.0515. The molecule has 0 radical (unpaired) electrons. The highest BCUT2D eigenvalue weighted by atomic mass is 19.1. The molecule has 1 N–H and O–H groups in total. The van der Waals surface area contributed by atoms with Crippen molar-refractivity contribution >= 4 is 5.91 Å². The van der Waals surface area contributed by atoms with Gasteiger partial charge < -0.3 is 19.6 Å². The number of benzene rings is 2. The highest BCUT2D eigenvalue weighted by molar-refractivity contribution is 5.95. The van der Waals surface area contributed by atoms with Crippen LogP contribution in [0, 0.1) is 17.2 Å². The smallest absolute Gasteiger partial charge is 0.256 e. The fourth-order valence-corrected chi connectivity index (χ4v) is 5.71. The number of nitrogens with zero attached hydrogens (tertiary/aromatic N) is 2. The van der Waals surface area contributed by atoms with Crippen LogP contribution in [-0.4, -0.2) is 66.2 Å². The first-order valence-corrected chi connectivity index (χ1v) is 13.1. The fraction of sp³-hybridized carbons (Fsp3) is 0.552. The van der Waals surface area contributed by atoms with Crippen LogP contribution in [0.2, 0.25) is 0 Å². The molecule has 2 aliphatic heterocycles. The summed E-state index contributed by atoms with van der Waals surface area (Å²) in [7, 11) is 0. The molecule has 0 aromatic heterocycles. The maximum absolute atomic E-state index is 14.7. The van der Waals surface area contributed by atoms with Gasteiger partial charge in [-0.25, -0.2) is 4.39 Å². The maximum Gasteiger partial charge on any atom is 0.256 e. The normalized spacial score (nSPS) is 22.7. The van der Waals surface area contributed by atoms with Crippen LogP contribution in [0.1, 0.15) is 55.8 Å². The molecule has 1 atom stereocenters. The second kappa shape index (κ2) is 10.3. The molecular weight excluding hydrogens is 443 g/mol. The zero-order valence-corrected chi connectivity index (χ0v) is 20.7. The Hall–Kier alpha value is -2.44. The number of ether oxygens (including phenoxy) is 1. The molecule has 1 saturated carbocycles. The Labute approximate surface area is 207 Å². The van der Waals surface area contributed by atoms with Crippen LogP contribution in [-0.2, 0) is 0 Å². The van der Waals surface area contributed by atoms with Crippen molar-refractivity contribution in [3.63, 3.8) is 0 Å². The predicted molar refractivity (Wildman–Crippen MR) is 135 cm³/mol. The summed E-state index contributed by atoms with van der Waals surface area (Å²) >= 11 is 0. The molecule has 35 heavy (non-hydrogen) atoms. The van der Waals surface area contributed by atoms with Crippen LogP contribution in [0.25, 0.3) is 11.1 Å². The molecule has 2 aromatic rings. The van der Waals surface area contributed by atoms with Gasteiger partial charge in [-0.3, -0.25) is 4.79 Å². The number of piperidine rings is 1. The topological polar surface area (TPSA) is 53.0 Å². The van der Waals surface area contributed by atoms with Gasteiger partial charge in [-0.05, 0) is 91.9 Å². The van der Waals surface area contributed by atoms with Crippen molar-refractivity contribution in [1.29, 1.82) is 0 Å². The zero-order chi connectivity index (χ0) is 24.4. The van der Waals surface area contributed by atoms with Crippen molar-refractivity contribution in [3.05, 3.63) is 53.8 Å². The first kappa shape index (κ1) is 24.3. The second-order valence-corrected chi connectivity index (χ2v) is 11.1. The molecule has 5 rings (SSSR count). The van der Waals surface area contributed by atoms with Crippen molar-refractivity contribution < 1.29 is 19.0 Å². The Kier molecular flexibility index (Phi) is 7.12. The lowest BCUT2D eigenvalue weighted by molar-refractivity contribution is 0.0564. The molecule has 0 bridgehead atoms. The van der Waals surface area contributed by atoms with Gasteiger partial charge >= 0.3 is 0 Å². The van der Waals surface area contributed by atoms with Gasteiger partial charge in [0, 0.05) is 19.6 Å². The minimum Gasteiger partial charge on any atom is -0.493 e. The van der Waals surface area contributed by atoms with Crippen molar-refractivity contribution in [1.82, 2.24) is 9.80 Å². The van der Waals surface area contributed by atoms with E-state index in [4.69, 9.17) is 4.74 Å². The number of likely N-dealkylation sites (tertiary alicyclic amines) is 2.